The van der Waals surface area contributed by atoms with Crippen molar-refractivity contribution in [3.05, 3.63) is 47.1 Å². The minimum absolute atomic E-state index is 0.142. The molecule has 0 unspecified atom stereocenters. The number of aromatic nitrogens is 1. The van der Waals surface area contributed by atoms with Gasteiger partial charge in [0, 0.05) is 29.2 Å². The maximum atomic E-state index is 12.6. The fraction of sp³-hybridized carbons (Fsp3) is 0.438. The third kappa shape index (κ3) is 3.98. The zero-order chi connectivity index (χ0) is 16.4. The summed E-state index contributed by atoms with van der Waals surface area (Å²) in [6.07, 6.45) is 3.17. The Morgan fingerprint density at radius 1 is 1.35 bits per heavy atom. The molecule has 1 aliphatic rings. The Morgan fingerprint density at radius 3 is 2.70 bits per heavy atom. The number of sulfonamides is 1. The zero-order valence-corrected chi connectivity index (χ0v) is 14.5. The van der Waals surface area contributed by atoms with Gasteiger partial charge in [-0.2, -0.15) is 0 Å². The summed E-state index contributed by atoms with van der Waals surface area (Å²) in [5.74, 6) is 0.142. The number of rotatable bonds is 6. The lowest BCUT2D eigenvalue weighted by atomic mass is 9.76. The first-order chi connectivity index (χ1) is 10.9. The van der Waals surface area contributed by atoms with Gasteiger partial charge in [-0.25, -0.2) is 13.1 Å². The van der Waals surface area contributed by atoms with E-state index in [9.17, 15) is 13.5 Å². The van der Waals surface area contributed by atoms with Gasteiger partial charge in [0.15, 0.2) is 0 Å². The summed E-state index contributed by atoms with van der Waals surface area (Å²) in [5.41, 5.74) is 0.851. The van der Waals surface area contributed by atoms with Crippen LogP contribution in [0.1, 0.15) is 23.4 Å². The quantitative estimate of drug-likeness (QED) is 0.834. The predicted molar refractivity (Wildman–Crippen MR) is 89.8 cm³/mol. The molecule has 1 fully saturated rings. The molecule has 2 aromatic heterocycles. The van der Waals surface area contributed by atoms with Gasteiger partial charge >= 0.3 is 0 Å². The first-order valence-corrected chi connectivity index (χ1v) is 9.91. The highest BCUT2D eigenvalue weighted by molar-refractivity contribution is 7.91. The van der Waals surface area contributed by atoms with Crippen molar-refractivity contribution >= 4 is 21.4 Å². The third-order valence-electron chi connectivity index (χ3n) is 4.16. The van der Waals surface area contributed by atoms with Crippen LogP contribution in [0.15, 0.2) is 40.7 Å². The van der Waals surface area contributed by atoms with E-state index in [1.807, 2.05) is 25.1 Å². The number of nitrogens with zero attached hydrogens (tertiary/aromatic N) is 1. The largest absolute Gasteiger partial charge is 0.393 e. The van der Waals surface area contributed by atoms with Crippen LogP contribution in [0.4, 0.5) is 0 Å². The molecule has 0 aromatic carbocycles. The van der Waals surface area contributed by atoms with E-state index in [-0.39, 0.29) is 18.1 Å². The Bertz CT molecular complexity index is 753. The Hall–Kier alpha value is -1.28. The Balaban J connectivity index is 1.78. The smallest absolute Gasteiger partial charge is 0.250 e. The molecule has 5 nitrogen and oxygen atoms in total. The fourth-order valence-electron chi connectivity index (χ4n) is 2.82. The van der Waals surface area contributed by atoms with Crippen molar-refractivity contribution in [2.45, 2.75) is 42.5 Å². The third-order valence-corrected chi connectivity index (χ3v) is 7.14. The summed E-state index contributed by atoms with van der Waals surface area (Å²) in [4.78, 5) is 5.25. The number of hydrogen-bond donors (Lipinski definition) is 2. The van der Waals surface area contributed by atoms with E-state index < -0.39 is 10.0 Å². The van der Waals surface area contributed by atoms with Crippen molar-refractivity contribution in [3.8, 4) is 0 Å². The van der Waals surface area contributed by atoms with Gasteiger partial charge in [-0.3, -0.25) is 4.98 Å². The van der Waals surface area contributed by atoms with Gasteiger partial charge in [0.2, 0.25) is 10.0 Å². The van der Waals surface area contributed by atoms with Crippen LogP contribution in [-0.4, -0.2) is 30.7 Å². The molecule has 23 heavy (non-hydrogen) atoms. The van der Waals surface area contributed by atoms with Crippen LogP contribution < -0.4 is 4.72 Å². The predicted octanol–water partition coefficient (Wildman–Crippen LogP) is 2.11. The van der Waals surface area contributed by atoms with E-state index in [2.05, 4.69) is 9.71 Å². The molecular weight excluding hydrogens is 332 g/mol. The average molecular weight is 352 g/mol. The van der Waals surface area contributed by atoms with Crippen molar-refractivity contribution in [1.82, 2.24) is 9.71 Å². The van der Waals surface area contributed by atoms with Crippen molar-refractivity contribution in [1.29, 1.82) is 0 Å². The van der Waals surface area contributed by atoms with E-state index >= 15 is 0 Å². The van der Waals surface area contributed by atoms with Crippen molar-refractivity contribution < 1.29 is 13.5 Å². The van der Waals surface area contributed by atoms with Crippen LogP contribution in [-0.2, 0) is 16.4 Å². The summed E-state index contributed by atoms with van der Waals surface area (Å²) in [5, 5.41) is 9.56. The molecule has 2 N–H and O–H groups in total. The SMILES string of the molecule is Cc1ccc(S(=O)(=O)N[C@H](Cc2ccccn2)C2CC(O)C2)s1. The van der Waals surface area contributed by atoms with Crippen LogP contribution in [0.5, 0.6) is 0 Å². The Morgan fingerprint density at radius 2 is 2.13 bits per heavy atom. The highest BCUT2D eigenvalue weighted by Gasteiger charge is 2.36. The van der Waals surface area contributed by atoms with Gasteiger partial charge in [0.05, 0.1) is 6.10 Å². The van der Waals surface area contributed by atoms with Gasteiger partial charge in [0.1, 0.15) is 4.21 Å². The van der Waals surface area contributed by atoms with Crippen LogP contribution >= 0.6 is 11.3 Å². The Kier molecular flexibility index (Phi) is 4.82. The average Bonchev–Trinajstić information content (AvgIpc) is 2.92. The molecule has 3 rings (SSSR count). The van der Waals surface area contributed by atoms with Crippen LogP contribution in [0.25, 0.3) is 0 Å². The molecule has 7 heteroatoms. The van der Waals surface area contributed by atoms with E-state index in [4.69, 9.17) is 0 Å². The number of aryl methyl sites for hydroxylation is 1. The van der Waals surface area contributed by atoms with Crippen LogP contribution in [0, 0.1) is 12.8 Å². The maximum absolute atomic E-state index is 12.6. The molecule has 2 heterocycles. The number of hydrogen-bond acceptors (Lipinski definition) is 5. The van der Waals surface area contributed by atoms with Crippen molar-refractivity contribution in [2.75, 3.05) is 0 Å². The van der Waals surface area contributed by atoms with E-state index in [1.165, 1.54) is 11.3 Å². The normalized spacial score (nSPS) is 22.5. The van der Waals surface area contributed by atoms with Crippen molar-refractivity contribution in [3.63, 3.8) is 0 Å². The first-order valence-electron chi connectivity index (χ1n) is 7.61. The second kappa shape index (κ2) is 6.68. The molecule has 2 aromatic rings. The minimum atomic E-state index is -3.54. The van der Waals surface area contributed by atoms with Gasteiger partial charge < -0.3 is 5.11 Å². The second-order valence-corrected chi connectivity index (χ2v) is 9.23. The highest BCUT2D eigenvalue weighted by Crippen LogP contribution is 2.32. The molecule has 1 atom stereocenters. The molecule has 1 saturated carbocycles. The lowest BCUT2D eigenvalue weighted by Crippen LogP contribution is -2.48. The number of aliphatic hydroxyl groups is 1. The molecule has 0 bridgehead atoms. The van der Waals surface area contributed by atoms with Gasteiger partial charge in [-0.1, -0.05) is 6.07 Å². The number of aliphatic hydroxyl groups excluding tert-OH is 1. The highest BCUT2D eigenvalue weighted by atomic mass is 32.2. The zero-order valence-electron chi connectivity index (χ0n) is 12.8. The summed E-state index contributed by atoms with van der Waals surface area (Å²) >= 11 is 1.27. The molecule has 1 aliphatic carbocycles. The fourth-order valence-corrected chi connectivity index (χ4v) is 5.43. The standard InChI is InChI=1S/C16H20N2O3S2/c1-11-5-6-16(22-11)23(20,21)18-15(12-8-14(19)9-12)10-13-4-2-3-7-17-13/h2-7,12,14-15,18-19H,8-10H2,1H3/t12?,14?,15-/m1/s1. The lowest BCUT2D eigenvalue weighted by Gasteiger charge is -2.37. The molecular formula is C16H20N2O3S2. The van der Waals surface area contributed by atoms with E-state index in [0.29, 0.717) is 23.5 Å². The lowest BCUT2D eigenvalue weighted by molar-refractivity contribution is 0.0282. The monoisotopic (exact) mass is 352 g/mol. The van der Waals surface area contributed by atoms with Crippen LogP contribution in [0.3, 0.4) is 0 Å². The molecule has 0 aliphatic heterocycles. The van der Waals surface area contributed by atoms with E-state index in [0.717, 1.165) is 10.6 Å². The van der Waals surface area contributed by atoms with Crippen molar-refractivity contribution in [2.24, 2.45) is 5.92 Å². The number of thiophene rings is 1. The number of nitrogens with one attached hydrogen (secondary N) is 1. The second-order valence-electron chi connectivity index (χ2n) is 6.00. The maximum Gasteiger partial charge on any atom is 0.250 e. The minimum Gasteiger partial charge on any atom is -0.393 e. The molecule has 0 amide bonds. The molecule has 124 valence electrons. The molecule has 0 saturated heterocycles. The van der Waals surface area contributed by atoms with Gasteiger partial charge in [0.25, 0.3) is 0 Å². The molecule has 0 radical (unpaired) electrons. The Labute approximate surface area is 140 Å². The molecule has 0 spiro atoms. The first kappa shape index (κ1) is 16.6. The number of pyridine rings is 1. The van der Waals surface area contributed by atoms with Gasteiger partial charge in [-0.15, -0.1) is 11.3 Å². The summed E-state index contributed by atoms with van der Waals surface area (Å²) in [6.45, 7) is 1.89. The van der Waals surface area contributed by atoms with Crippen LogP contribution in [0.2, 0.25) is 0 Å². The van der Waals surface area contributed by atoms with E-state index in [1.54, 1.807) is 18.3 Å². The topological polar surface area (TPSA) is 79.3 Å². The summed E-state index contributed by atoms with van der Waals surface area (Å²) in [6, 6.07) is 8.82. The summed E-state index contributed by atoms with van der Waals surface area (Å²) in [7, 11) is -3.54. The summed E-state index contributed by atoms with van der Waals surface area (Å²) < 4.78 is 28.3. The van der Waals surface area contributed by atoms with Gasteiger partial charge in [-0.05, 0) is 49.9 Å².